The van der Waals surface area contributed by atoms with Crippen LogP contribution in [0.15, 0.2) is 48.5 Å². The van der Waals surface area contributed by atoms with Crippen LogP contribution in [0, 0.1) is 0 Å². The van der Waals surface area contributed by atoms with Gasteiger partial charge in [0.25, 0.3) is 12.3 Å². The lowest BCUT2D eigenvalue weighted by molar-refractivity contribution is 0.0652. The highest BCUT2D eigenvalue weighted by molar-refractivity contribution is 5.95. The molecule has 0 saturated carbocycles. The molecular weight excluding hydrogens is 480 g/mol. The first-order valence-electron chi connectivity index (χ1n) is 12.4. The molecule has 0 radical (unpaired) electrons. The third-order valence-electron chi connectivity index (χ3n) is 7.14. The number of nitrogens with one attached hydrogen (secondary N) is 2. The van der Waals surface area contributed by atoms with E-state index in [4.69, 9.17) is 9.47 Å². The van der Waals surface area contributed by atoms with Gasteiger partial charge in [0, 0.05) is 42.9 Å². The highest BCUT2D eigenvalue weighted by Crippen LogP contribution is 2.41. The van der Waals surface area contributed by atoms with Crippen LogP contribution in [-0.2, 0) is 0 Å². The summed E-state index contributed by atoms with van der Waals surface area (Å²) in [6.45, 7) is 4.23. The number of methoxy groups -OCH3 is 2. The number of rotatable bonds is 6. The molecule has 37 heavy (non-hydrogen) atoms. The number of nitrogens with zero attached hydrogens (tertiary/aromatic N) is 3. The van der Waals surface area contributed by atoms with Crippen molar-refractivity contribution in [3.8, 4) is 22.8 Å². The van der Waals surface area contributed by atoms with Gasteiger partial charge in [-0.3, -0.25) is 4.79 Å². The van der Waals surface area contributed by atoms with E-state index in [1.54, 1.807) is 44.6 Å². The third kappa shape index (κ3) is 4.85. The molecule has 2 N–H and O–H groups in total. The zero-order valence-corrected chi connectivity index (χ0v) is 21.1. The zero-order valence-electron chi connectivity index (χ0n) is 21.1. The molecular formula is C27H31F2N5O3. The molecule has 3 heterocycles. The minimum absolute atomic E-state index is 0.0122. The summed E-state index contributed by atoms with van der Waals surface area (Å²) in [6.07, 6.45) is -2.42. The first-order valence-corrected chi connectivity index (χ1v) is 12.4. The predicted molar refractivity (Wildman–Crippen MR) is 137 cm³/mol. The molecule has 2 aliphatic heterocycles. The fraction of sp³-hybridized carbons (Fsp3) is 0.407. The number of hydrogen-bond acceptors (Lipinski definition) is 6. The molecule has 1 saturated heterocycles. The average molecular weight is 512 g/mol. The molecule has 3 atom stereocenters. The van der Waals surface area contributed by atoms with Crippen molar-refractivity contribution in [1.82, 2.24) is 20.0 Å². The van der Waals surface area contributed by atoms with Crippen molar-refractivity contribution < 1.29 is 23.0 Å². The molecule has 0 aliphatic carbocycles. The van der Waals surface area contributed by atoms with E-state index in [9.17, 15) is 13.6 Å². The van der Waals surface area contributed by atoms with Crippen molar-refractivity contribution in [3.05, 3.63) is 59.7 Å². The summed E-state index contributed by atoms with van der Waals surface area (Å²) in [5.74, 6) is 1.62. The molecule has 5 rings (SSSR count). The molecule has 2 aliphatic rings. The summed E-state index contributed by atoms with van der Waals surface area (Å²) in [4.78, 5) is 14.8. The van der Waals surface area contributed by atoms with Gasteiger partial charge in [-0.05, 0) is 43.2 Å². The van der Waals surface area contributed by atoms with Crippen LogP contribution >= 0.6 is 0 Å². The van der Waals surface area contributed by atoms with Crippen molar-refractivity contribution >= 4 is 11.7 Å². The van der Waals surface area contributed by atoms with Gasteiger partial charge in [-0.1, -0.05) is 18.2 Å². The summed E-state index contributed by atoms with van der Waals surface area (Å²) in [5.41, 5.74) is 2.74. The number of aromatic nitrogens is 2. The van der Waals surface area contributed by atoms with E-state index in [0.29, 0.717) is 35.1 Å². The van der Waals surface area contributed by atoms with Gasteiger partial charge in [0.2, 0.25) is 0 Å². The first kappa shape index (κ1) is 25.0. The lowest BCUT2D eigenvalue weighted by Gasteiger charge is -2.34. The maximum atomic E-state index is 14.1. The fourth-order valence-electron chi connectivity index (χ4n) is 5.07. The van der Waals surface area contributed by atoms with Crippen LogP contribution < -0.4 is 20.1 Å². The molecule has 0 spiro atoms. The summed E-state index contributed by atoms with van der Waals surface area (Å²) in [6, 6.07) is 13.1. The second-order valence-corrected chi connectivity index (χ2v) is 9.44. The number of benzene rings is 2. The topological polar surface area (TPSA) is 80.7 Å². The van der Waals surface area contributed by atoms with E-state index in [2.05, 4.69) is 15.7 Å². The highest BCUT2D eigenvalue weighted by atomic mass is 19.3. The van der Waals surface area contributed by atoms with Crippen molar-refractivity contribution in [2.45, 2.75) is 37.9 Å². The quantitative estimate of drug-likeness (QED) is 0.512. The summed E-state index contributed by atoms with van der Waals surface area (Å²) >= 11 is 0. The van der Waals surface area contributed by atoms with Gasteiger partial charge >= 0.3 is 0 Å². The van der Waals surface area contributed by atoms with Gasteiger partial charge < -0.3 is 25.0 Å². The Hall–Kier alpha value is -3.66. The van der Waals surface area contributed by atoms with Gasteiger partial charge in [0.1, 0.15) is 11.9 Å². The Morgan fingerprint density at radius 3 is 2.51 bits per heavy atom. The zero-order chi connectivity index (χ0) is 26.1. The molecule has 0 bridgehead atoms. The van der Waals surface area contributed by atoms with Gasteiger partial charge in [-0.25, -0.2) is 13.5 Å². The minimum atomic E-state index is -2.59. The Morgan fingerprint density at radius 2 is 1.84 bits per heavy atom. The molecule has 8 nitrogen and oxygen atoms in total. The Bertz CT molecular complexity index is 1260. The summed E-state index contributed by atoms with van der Waals surface area (Å²) < 4.78 is 40.3. The Labute approximate surface area is 214 Å². The number of amides is 1. The normalized spacial score (nSPS) is 21.4. The smallest absolute Gasteiger partial charge is 0.260 e. The third-order valence-corrected chi connectivity index (χ3v) is 7.14. The van der Waals surface area contributed by atoms with Crippen LogP contribution in [-0.4, -0.2) is 66.9 Å². The van der Waals surface area contributed by atoms with E-state index in [1.807, 2.05) is 30.0 Å². The molecule has 1 amide bonds. The van der Waals surface area contributed by atoms with Gasteiger partial charge in [-0.15, -0.1) is 0 Å². The molecule has 2 aromatic carbocycles. The van der Waals surface area contributed by atoms with Crippen LogP contribution in [0.3, 0.4) is 0 Å². The number of alkyl halides is 2. The maximum Gasteiger partial charge on any atom is 0.260 e. The van der Waals surface area contributed by atoms with Gasteiger partial charge in [-0.2, -0.15) is 5.10 Å². The number of halogens is 2. The van der Waals surface area contributed by atoms with E-state index in [-0.39, 0.29) is 24.4 Å². The molecule has 3 unspecified atom stereocenters. The molecule has 1 aromatic heterocycles. The largest absolute Gasteiger partial charge is 0.493 e. The Kier molecular flexibility index (Phi) is 7.01. The van der Waals surface area contributed by atoms with Crippen LogP contribution in [0.4, 0.5) is 14.6 Å². The van der Waals surface area contributed by atoms with Gasteiger partial charge in [0.15, 0.2) is 11.5 Å². The maximum absolute atomic E-state index is 14.1. The lowest BCUT2D eigenvalue weighted by Crippen LogP contribution is -2.52. The predicted octanol–water partition coefficient (Wildman–Crippen LogP) is 4.36. The van der Waals surface area contributed by atoms with E-state index < -0.39 is 12.5 Å². The second-order valence-electron chi connectivity index (χ2n) is 9.44. The second kappa shape index (κ2) is 10.4. The van der Waals surface area contributed by atoms with Crippen molar-refractivity contribution in [3.63, 3.8) is 0 Å². The first-order chi connectivity index (χ1) is 17.9. The standard InChI is InChI=1S/C27H31F2N5O3/c1-16-15-30-10-11-33(16)27(35)18-6-4-17(5-7-18)21-14-25-31-20(13-22(26(28)29)34(25)32-21)19-8-9-23(36-2)24(12-19)37-3/h4-9,12,14,16,20,22,26,30-31H,10-11,13,15H2,1-3H3. The SMILES string of the molecule is COc1ccc(C2CC(C(F)F)n3nc(-c4ccc(C(=O)N5CCNCC5C)cc4)cc3N2)cc1OC. The number of hydrogen-bond donors (Lipinski definition) is 2. The molecule has 196 valence electrons. The fourth-order valence-corrected chi connectivity index (χ4v) is 5.07. The number of piperazine rings is 1. The van der Waals surface area contributed by atoms with Crippen LogP contribution in [0.1, 0.15) is 41.3 Å². The monoisotopic (exact) mass is 511 g/mol. The molecule has 10 heteroatoms. The van der Waals surface area contributed by atoms with E-state index in [0.717, 1.165) is 24.2 Å². The van der Waals surface area contributed by atoms with Crippen LogP contribution in [0.5, 0.6) is 11.5 Å². The number of fused-ring (bicyclic) bond motifs is 1. The van der Waals surface area contributed by atoms with E-state index >= 15 is 0 Å². The Morgan fingerprint density at radius 1 is 1.08 bits per heavy atom. The summed E-state index contributed by atoms with van der Waals surface area (Å²) in [7, 11) is 3.10. The number of ether oxygens (including phenoxy) is 2. The van der Waals surface area contributed by atoms with Crippen molar-refractivity contribution in [1.29, 1.82) is 0 Å². The Balaban J connectivity index is 1.40. The van der Waals surface area contributed by atoms with Crippen LogP contribution in [0.25, 0.3) is 11.3 Å². The van der Waals surface area contributed by atoms with Gasteiger partial charge in [0.05, 0.1) is 26.0 Å². The van der Waals surface area contributed by atoms with E-state index in [1.165, 1.54) is 4.68 Å². The number of carbonyl (C=O) groups is 1. The number of carbonyl (C=O) groups excluding carboxylic acids is 1. The van der Waals surface area contributed by atoms with Crippen molar-refractivity contribution in [2.24, 2.45) is 0 Å². The molecule has 1 fully saturated rings. The van der Waals surface area contributed by atoms with Crippen LogP contribution in [0.2, 0.25) is 0 Å². The highest BCUT2D eigenvalue weighted by Gasteiger charge is 2.35. The average Bonchev–Trinajstić information content (AvgIpc) is 3.36. The molecule has 3 aromatic rings. The van der Waals surface area contributed by atoms with Crippen molar-refractivity contribution in [2.75, 3.05) is 39.2 Å². The summed E-state index contributed by atoms with van der Waals surface area (Å²) in [5, 5.41) is 11.2. The lowest BCUT2D eigenvalue weighted by atomic mass is 9.97. The number of anilines is 1. The minimum Gasteiger partial charge on any atom is -0.493 e.